The number of amides is 4. The van der Waals surface area contributed by atoms with Crippen molar-refractivity contribution in [3.05, 3.63) is 90.5 Å². The zero-order chi connectivity index (χ0) is 27.2. The monoisotopic (exact) mass is 516 g/mol. The second-order valence-electron chi connectivity index (χ2n) is 8.76. The Labute approximate surface area is 221 Å². The molecule has 0 radical (unpaired) electrons. The summed E-state index contributed by atoms with van der Waals surface area (Å²) in [5, 5.41) is 16.9. The summed E-state index contributed by atoms with van der Waals surface area (Å²) in [6.07, 6.45) is 3.48. The van der Waals surface area contributed by atoms with E-state index in [1.165, 1.54) is 0 Å². The number of hydrogen-bond donors (Lipinski definition) is 5. The highest BCUT2D eigenvalue weighted by molar-refractivity contribution is 6.15. The van der Waals surface area contributed by atoms with Gasteiger partial charge in [-0.15, -0.1) is 0 Å². The van der Waals surface area contributed by atoms with Gasteiger partial charge in [0, 0.05) is 29.9 Å². The van der Waals surface area contributed by atoms with Crippen LogP contribution in [0.4, 0.5) is 17.1 Å². The van der Waals surface area contributed by atoms with Gasteiger partial charge in [-0.3, -0.25) is 24.4 Å². The maximum absolute atomic E-state index is 13.2. The molecule has 3 aromatic rings. The van der Waals surface area contributed by atoms with Gasteiger partial charge in [0.05, 0.1) is 0 Å². The molecule has 198 valence electrons. The van der Waals surface area contributed by atoms with Crippen molar-refractivity contribution >= 4 is 40.7 Å². The van der Waals surface area contributed by atoms with Crippen LogP contribution in [0.1, 0.15) is 50.0 Å². The van der Waals surface area contributed by atoms with E-state index in [4.69, 9.17) is 5.21 Å². The van der Waals surface area contributed by atoms with Gasteiger partial charge in [0.1, 0.15) is 5.92 Å². The standard InChI is InChI=1S/C29H32N4O5/c34-25(15-9-1-2-10-16-26(35)33-38)30-24-19-17-21(18-20-24)27(28(36)31-22-11-5-3-6-12-22)29(37)32-23-13-7-4-8-14-23/h3-8,11-14,17-20,27,38H,1-2,9-10,15-16H2,(H,30,34)(H,31,36)(H,32,37)(H,33,35). The number of unbranched alkanes of at least 4 members (excludes halogenated alkanes) is 3. The number of carbonyl (C=O) groups excluding carboxylic acids is 4. The van der Waals surface area contributed by atoms with Gasteiger partial charge in [-0.25, -0.2) is 5.48 Å². The van der Waals surface area contributed by atoms with Gasteiger partial charge >= 0.3 is 0 Å². The molecular formula is C29H32N4O5. The third-order valence-corrected chi connectivity index (χ3v) is 5.82. The SMILES string of the molecule is O=C(CCCCCCC(=O)Nc1ccc(C(C(=O)Nc2ccccc2)C(=O)Nc2ccccc2)cc1)NO. The summed E-state index contributed by atoms with van der Waals surface area (Å²) in [6.45, 7) is 0. The molecule has 0 fully saturated rings. The van der Waals surface area contributed by atoms with Crippen molar-refractivity contribution in [1.29, 1.82) is 0 Å². The van der Waals surface area contributed by atoms with Crippen LogP contribution in [0.15, 0.2) is 84.9 Å². The minimum Gasteiger partial charge on any atom is -0.326 e. The lowest BCUT2D eigenvalue weighted by atomic mass is 9.96. The molecule has 0 saturated carbocycles. The minimum absolute atomic E-state index is 0.147. The van der Waals surface area contributed by atoms with Crippen LogP contribution in [0, 0.1) is 0 Å². The second kappa shape index (κ2) is 14.9. The van der Waals surface area contributed by atoms with Gasteiger partial charge < -0.3 is 16.0 Å². The molecule has 38 heavy (non-hydrogen) atoms. The van der Waals surface area contributed by atoms with Crippen LogP contribution in [-0.2, 0) is 19.2 Å². The summed E-state index contributed by atoms with van der Waals surface area (Å²) >= 11 is 0. The molecule has 0 spiro atoms. The average molecular weight is 517 g/mol. The first-order valence-corrected chi connectivity index (χ1v) is 12.5. The van der Waals surface area contributed by atoms with Crippen LogP contribution in [0.3, 0.4) is 0 Å². The molecule has 0 aliphatic heterocycles. The summed E-state index contributed by atoms with van der Waals surface area (Å²) in [4.78, 5) is 49.7. The molecule has 3 aromatic carbocycles. The molecule has 9 nitrogen and oxygen atoms in total. The minimum atomic E-state index is -1.12. The van der Waals surface area contributed by atoms with Crippen molar-refractivity contribution in [2.45, 2.75) is 44.4 Å². The Morgan fingerprint density at radius 2 is 1.00 bits per heavy atom. The quantitative estimate of drug-likeness (QED) is 0.0959. The Morgan fingerprint density at radius 1 is 0.553 bits per heavy atom. The Morgan fingerprint density at radius 3 is 1.47 bits per heavy atom. The Balaban J connectivity index is 1.60. The van der Waals surface area contributed by atoms with Crippen molar-refractivity contribution < 1.29 is 24.4 Å². The molecule has 0 unspecified atom stereocenters. The molecule has 0 atom stereocenters. The summed E-state index contributed by atoms with van der Waals surface area (Å²) in [7, 11) is 0. The molecule has 0 aliphatic carbocycles. The lowest BCUT2D eigenvalue weighted by Crippen LogP contribution is -2.32. The van der Waals surface area contributed by atoms with E-state index in [0.29, 0.717) is 41.9 Å². The molecule has 0 aromatic heterocycles. The van der Waals surface area contributed by atoms with Crippen molar-refractivity contribution in [2.24, 2.45) is 0 Å². The second-order valence-corrected chi connectivity index (χ2v) is 8.76. The molecule has 4 amide bonds. The molecule has 9 heteroatoms. The Bertz CT molecular complexity index is 1150. The van der Waals surface area contributed by atoms with Crippen molar-refractivity contribution in [3.63, 3.8) is 0 Å². The molecule has 0 saturated heterocycles. The summed E-state index contributed by atoms with van der Waals surface area (Å²) in [5.41, 5.74) is 3.80. The summed E-state index contributed by atoms with van der Waals surface area (Å²) < 4.78 is 0. The number of hydrogen-bond acceptors (Lipinski definition) is 5. The van der Waals surface area contributed by atoms with E-state index in [1.807, 2.05) is 12.1 Å². The summed E-state index contributed by atoms with van der Waals surface area (Å²) in [6, 6.07) is 24.5. The van der Waals surface area contributed by atoms with E-state index in [9.17, 15) is 19.2 Å². The van der Waals surface area contributed by atoms with E-state index < -0.39 is 23.6 Å². The van der Waals surface area contributed by atoms with Crippen LogP contribution < -0.4 is 21.4 Å². The fraction of sp³-hybridized carbons (Fsp3) is 0.241. The van der Waals surface area contributed by atoms with E-state index in [2.05, 4.69) is 16.0 Å². The molecule has 3 rings (SSSR count). The fourth-order valence-corrected chi connectivity index (χ4v) is 3.86. The van der Waals surface area contributed by atoms with E-state index in [-0.39, 0.29) is 12.3 Å². The molecule has 0 heterocycles. The number of anilines is 3. The molecule has 5 N–H and O–H groups in total. The number of hydroxylamine groups is 1. The Hall–Kier alpha value is -4.50. The lowest BCUT2D eigenvalue weighted by Gasteiger charge is -2.18. The van der Waals surface area contributed by atoms with Gasteiger partial charge in [0.2, 0.25) is 23.6 Å². The topological polar surface area (TPSA) is 137 Å². The zero-order valence-electron chi connectivity index (χ0n) is 21.0. The van der Waals surface area contributed by atoms with Gasteiger partial charge in [-0.1, -0.05) is 61.4 Å². The van der Waals surface area contributed by atoms with E-state index in [0.717, 1.165) is 12.8 Å². The van der Waals surface area contributed by atoms with Crippen molar-refractivity contribution in [2.75, 3.05) is 16.0 Å². The van der Waals surface area contributed by atoms with Gasteiger partial charge in [-0.2, -0.15) is 0 Å². The van der Waals surface area contributed by atoms with Crippen LogP contribution in [0.2, 0.25) is 0 Å². The first-order chi connectivity index (χ1) is 18.5. The maximum atomic E-state index is 13.2. The van der Waals surface area contributed by atoms with E-state index >= 15 is 0 Å². The third-order valence-electron chi connectivity index (χ3n) is 5.82. The molecular weight excluding hydrogens is 484 g/mol. The maximum Gasteiger partial charge on any atom is 0.243 e. The van der Waals surface area contributed by atoms with Crippen LogP contribution in [0.25, 0.3) is 0 Å². The first kappa shape index (κ1) is 28.1. The van der Waals surface area contributed by atoms with Crippen LogP contribution >= 0.6 is 0 Å². The Kier molecular flexibility index (Phi) is 11.0. The van der Waals surface area contributed by atoms with Crippen LogP contribution in [0.5, 0.6) is 0 Å². The van der Waals surface area contributed by atoms with Gasteiger partial charge in [0.25, 0.3) is 0 Å². The van der Waals surface area contributed by atoms with Crippen molar-refractivity contribution in [3.8, 4) is 0 Å². The smallest absolute Gasteiger partial charge is 0.243 e. The van der Waals surface area contributed by atoms with Crippen molar-refractivity contribution in [1.82, 2.24) is 5.48 Å². The predicted molar refractivity (Wildman–Crippen MR) is 146 cm³/mol. The largest absolute Gasteiger partial charge is 0.326 e. The number of nitrogens with one attached hydrogen (secondary N) is 4. The zero-order valence-corrected chi connectivity index (χ0v) is 21.0. The predicted octanol–water partition coefficient (Wildman–Crippen LogP) is 4.83. The highest BCUT2D eigenvalue weighted by Gasteiger charge is 2.29. The number of rotatable bonds is 13. The average Bonchev–Trinajstić information content (AvgIpc) is 2.92. The summed E-state index contributed by atoms with van der Waals surface area (Å²) in [5.74, 6) is -2.63. The van der Waals surface area contributed by atoms with Crippen LogP contribution in [-0.4, -0.2) is 28.8 Å². The van der Waals surface area contributed by atoms with Gasteiger partial charge in [0.15, 0.2) is 0 Å². The first-order valence-electron chi connectivity index (χ1n) is 12.5. The number of carbonyl (C=O) groups is 4. The number of para-hydroxylation sites is 2. The lowest BCUT2D eigenvalue weighted by molar-refractivity contribution is -0.129. The van der Waals surface area contributed by atoms with E-state index in [1.54, 1.807) is 78.3 Å². The highest BCUT2D eigenvalue weighted by atomic mass is 16.5. The fourth-order valence-electron chi connectivity index (χ4n) is 3.86. The van der Waals surface area contributed by atoms with Gasteiger partial charge in [-0.05, 0) is 54.8 Å². The highest BCUT2D eigenvalue weighted by Crippen LogP contribution is 2.23. The third kappa shape index (κ3) is 9.18. The number of benzene rings is 3. The normalized spacial score (nSPS) is 10.5. The molecule has 0 bridgehead atoms. The molecule has 0 aliphatic rings.